The van der Waals surface area contributed by atoms with Gasteiger partial charge in [0, 0.05) is 18.3 Å². The number of hydrogen-bond donors (Lipinski definition) is 2. The van der Waals surface area contributed by atoms with Crippen LogP contribution in [0.1, 0.15) is 0 Å². The molecule has 0 aliphatic carbocycles. The van der Waals surface area contributed by atoms with Crippen molar-refractivity contribution in [1.29, 1.82) is 0 Å². The van der Waals surface area contributed by atoms with E-state index in [4.69, 9.17) is 19.7 Å². The van der Waals surface area contributed by atoms with E-state index in [2.05, 4.69) is 136 Å². The molecular weight excluding hydrogens is 1050 g/mol. The van der Waals surface area contributed by atoms with Gasteiger partial charge in [0.05, 0.1) is 14.3 Å². The lowest BCUT2D eigenvalue weighted by molar-refractivity contribution is -0.140. The molecule has 0 fully saturated rings. The van der Waals surface area contributed by atoms with Crippen molar-refractivity contribution in [2.45, 2.75) is 0 Å². The van der Waals surface area contributed by atoms with E-state index in [1.165, 1.54) is 0 Å². The van der Waals surface area contributed by atoms with Crippen molar-refractivity contribution in [2.75, 3.05) is 13.2 Å². The molecule has 2 rings (SSSR count). The summed E-state index contributed by atoms with van der Waals surface area (Å²) in [5.41, 5.74) is 1.79. The average molecular weight is 1060 g/mol. The molecule has 0 saturated carbocycles. The first-order valence-electron chi connectivity index (χ1n) is 7.09. The van der Waals surface area contributed by atoms with E-state index in [9.17, 15) is 9.59 Å². The van der Waals surface area contributed by atoms with E-state index in [0.717, 1.165) is 32.5 Å². The third-order valence-electron chi connectivity index (χ3n) is 3.19. The van der Waals surface area contributed by atoms with E-state index in [0.29, 0.717) is 11.5 Å². The van der Waals surface area contributed by atoms with Gasteiger partial charge in [-0.05, 0) is 148 Å². The van der Waals surface area contributed by atoms with E-state index >= 15 is 0 Å². The van der Waals surface area contributed by atoms with Gasteiger partial charge in [-0.15, -0.1) is 0 Å². The number of benzene rings is 2. The first-order valence-corrected chi connectivity index (χ1v) is 13.6. The number of carboxylic acid groups (broad SMARTS) is 2. The number of aliphatic carboxylic acids is 2. The first kappa shape index (κ1) is 25.6. The summed E-state index contributed by atoms with van der Waals surface area (Å²) in [6.45, 7) is -0.861. The lowest BCUT2D eigenvalue weighted by atomic mass is 10.1. The number of carboxylic acids is 2. The molecule has 2 aromatic carbocycles. The minimum atomic E-state index is -1.05. The molecule has 2 aromatic rings. The summed E-state index contributed by atoms with van der Waals surface area (Å²) < 4.78 is 16.2. The van der Waals surface area contributed by atoms with E-state index in [-0.39, 0.29) is 0 Å². The maximum atomic E-state index is 10.9. The molecular formula is C16H8I6O6. The molecule has 6 nitrogen and oxygen atoms in total. The lowest BCUT2D eigenvalue weighted by Crippen LogP contribution is -2.13. The van der Waals surface area contributed by atoms with Crippen LogP contribution in [0.15, 0.2) is 12.1 Å². The molecule has 0 aliphatic rings. The lowest BCUT2D eigenvalue weighted by Gasteiger charge is -2.19. The minimum Gasteiger partial charge on any atom is -0.480 e. The van der Waals surface area contributed by atoms with Gasteiger partial charge in [-0.2, -0.15) is 0 Å². The second-order valence-electron chi connectivity index (χ2n) is 5.08. The largest absolute Gasteiger partial charge is 0.480 e. The zero-order chi connectivity index (χ0) is 21.2. The molecule has 2 N–H and O–H groups in total. The van der Waals surface area contributed by atoms with E-state index in [1.54, 1.807) is 0 Å². The number of rotatable bonds is 7. The Hall–Kier alpha value is 1.36. The molecule has 0 spiro atoms. The zero-order valence-corrected chi connectivity index (χ0v) is 26.3. The smallest absolute Gasteiger partial charge is 0.341 e. The third kappa shape index (κ3) is 6.20. The Kier molecular flexibility index (Phi) is 10.3. The molecule has 0 heterocycles. The minimum absolute atomic E-state index is 0.431. The molecule has 0 aromatic heterocycles. The molecule has 0 saturated heterocycles. The molecule has 0 amide bonds. The number of hydrogen-bond acceptors (Lipinski definition) is 4. The maximum absolute atomic E-state index is 10.9. The Morgan fingerprint density at radius 3 is 1.29 bits per heavy atom. The molecule has 0 unspecified atom stereocenters. The van der Waals surface area contributed by atoms with Crippen LogP contribution >= 0.6 is 136 Å². The number of halogens is 6. The van der Waals surface area contributed by atoms with Crippen molar-refractivity contribution in [3.05, 3.63) is 33.6 Å². The van der Waals surface area contributed by atoms with Gasteiger partial charge in [0.2, 0.25) is 0 Å². The zero-order valence-electron chi connectivity index (χ0n) is 13.4. The van der Waals surface area contributed by atoms with Gasteiger partial charge in [-0.1, -0.05) is 0 Å². The Morgan fingerprint density at radius 1 is 0.679 bits per heavy atom. The Labute approximate surface area is 242 Å². The summed E-state index contributed by atoms with van der Waals surface area (Å²) in [4.78, 5) is 21.9. The second kappa shape index (κ2) is 11.3. The van der Waals surface area contributed by atoms with Crippen LogP contribution in [0.3, 0.4) is 0 Å². The van der Waals surface area contributed by atoms with Gasteiger partial charge in [0.1, 0.15) is 11.5 Å². The topological polar surface area (TPSA) is 93.1 Å². The monoisotopic (exact) mass is 1060 g/mol. The highest BCUT2D eigenvalue weighted by atomic mass is 127. The van der Waals surface area contributed by atoms with Crippen molar-refractivity contribution < 1.29 is 29.3 Å². The van der Waals surface area contributed by atoms with Crippen LogP contribution in [0, 0.1) is 21.4 Å². The summed E-state index contributed by atoms with van der Waals surface area (Å²) in [6.07, 6.45) is 0. The summed E-state index contributed by atoms with van der Waals surface area (Å²) in [7, 11) is 0. The van der Waals surface area contributed by atoms with Gasteiger partial charge in [-0.25, -0.2) is 9.59 Å². The molecule has 12 heteroatoms. The molecule has 0 atom stereocenters. The standard InChI is InChI=1S/C16H8I6O6/c17-5-1-7(19)15(27-3-9(23)24)13(21)11(5)12-6(18)2-8(20)16(14(12)22)28-4-10(25)26/h1-2H,3-4H2,(H,23,24)(H,25,26). The number of carbonyl (C=O) groups is 2. The summed E-state index contributed by atoms with van der Waals surface area (Å²) >= 11 is 13.0. The van der Waals surface area contributed by atoms with E-state index < -0.39 is 25.2 Å². The van der Waals surface area contributed by atoms with Crippen LogP contribution < -0.4 is 9.47 Å². The van der Waals surface area contributed by atoms with Gasteiger partial charge in [0.25, 0.3) is 0 Å². The van der Waals surface area contributed by atoms with Crippen molar-refractivity contribution in [3.8, 4) is 22.6 Å². The predicted octanol–water partition coefficient (Wildman–Crippen LogP) is 5.91. The first-order chi connectivity index (χ1) is 13.0. The highest BCUT2D eigenvalue weighted by Gasteiger charge is 2.24. The van der Waals surface area contributed by atoms with Crippen molar-refractivity contribution in [3.63, 3.8) is 0 Å². The van der Waals surface area contributed by atoms with Gasteiger partial charge < -0.3 is 19.7 Å². The van der Waals surface area contributed by atoms with Crippen molar-refractivity contribution in [2.24, 2.45) is 0 Å². The van der Waals surface area contributed by atoms with Crippen LogP contribution in [-0.4, -0.2) is 35.4 Å². The second-order valence-corrected chi connectivity index (χ2v) is 11.9. The summed E-state index contributed by atoms with van der Waals surface area (Å²) in [5, 5.41) is 17.9. The Balaban J connectivity index is 2.70. The van der Waals surface area contributed by atoms with Crippen LogP contribution in [0.2, 0.25) is 0 Å². The Morgan fingerprint density at radius 2 is 1.00 bits per heavy atom. The van der Waals surface area contributed by atoms with Gasteiger partial charge in [0.15, 0.2) is 13.2 Å². The quantitative estimate of drug-likeness (QED) is 0.336. The van der Waals surface area contributed by atoms with Crippen LogP contribution in [-0.2, 0) is 9.59 Å². The fourth-order valence-electron chi connectivity index (χ4n) is 2.14. The molecule has 0 bridgehead atoms. The van der Waals surface area contributed by atoms with Crippen LogP contribution in [0.4, 0.5) is 0 Å². The van der Waals surface area contributed by atoms with Gasteiger partial charge in [-0.3, -0.25) is 0 Å². The number of ether oxygens (including phenoxy) is 2. The predicted molar refractivity (Wildman–Crippen MR) is 154 cm³/mol. The molecule has 0 radical (unpaired) electrons. The van der Waals surface area contributed by atoms with E-state index in [1.807, 2.05) is 12.1 Å². The highest BCUT2D eigenvalue weighted by Crippen LogP contribution is 2.45. The normalized spacial score (nSPS) is 10.6. The van der Waals surface area contributed by atoms with Gasteiger partial charge >= 0.3 is 11.9 Å². The molecule has 150 valence electrons. The summed E-state index contributed by atoms with van der Waals surface area (Å²) in [6, 6.07) is 3.86. The third-order valence-corrected chi connectivity index (χ3v) is 8.55. The SMILES string of the molecule is O=C(O)COc1c(I)cc(I)c(-c2c(I)cc(I)c(OCC(=O)O)c2I)c1I. The molecule has 0 aliphatic heterocycles. The molecule has 28 heavy (non-hydrogen) atoms. The fourth-order valence-corrected chi connectivity index (χ4v) is 10.6. The van der Waals surface area contributed by atoms with Crippen LogP contribution in [0.5, 0.6) is 11.5 Å². The fraction of sp³-hybridized carbons (Fsp3) is 0.125. The van der Waals surface area contributed by atoms with Crippen molar-refractivity contribution >= 4 is 147 Å². The van der Waals surface area contributed by atoms with Crippen molar-refractivity contribution in [1.82, 2.24) is 0 Å². The highest BCUT2D eigenvalue weighted by molar-refractivity contribution is 14.1. The summed E-state index contributed by atoms with van der Waals surface area (Å²) in [5.74, 6) is -1.07. The maximum Gasteiger partial charge on any atom is 0.341 e. The van der Waals surface area contributed by atoms with Crippen LogP contribution in [0.25, 0.3) is 11.1 Å². The average Bonchev–Trinajstić information content (AvgIpc) is 2.56. The Bertz CT molecular complexity index is 884.